The highest BCUT2D eigenvalue weighted by Crippen LogP contribution is 2.12. The Balaban J connectivity index is 2.44. The molecular weight excluding hydrogens is 308 g/mol. The molecule has 0 amide bonds. The Kier molecular flexibility index (Phi) is 4.29. The lowest BCUT2D eigenvalue weighted by Crippen LogP contribution is -2.41. The van der Waals surface area contributed by atoms with Crippen molar-refractivity contribution in [2.45, 2.75) is 17.9 Å². The molecule has 0 aliphatic rings. The van der Waals surface area contributed by atoms with E-state index in [4.69, 9.17) is 0 Å². The lowest BCUT2D eigenvalue weighted by molar-refractivity contribution is 0.555. The van der Waals surface area contributed by atoms with Crippen LogP contribution in [0.5, 0.6) is 0 Å². The molecule has 2 heterocycles. The van der Waals surface area contributed by atoms with E-state index in [1.807, 2.05) is 0 Å². The van der Waals surface area contributed by atoms with Crippen LogP contribution in [0.15, 0.2) is 45.1 Å². The van der Waals surface area contributed by atoms with Crippen molar-refractivity contribution >= 4 is 10.0 Å². The second-order valence-corrected chi connectivity index (χ2v) is 6.53. The van der Waals surface area contributed by atoms with Crippen LogP contribution in [0.25, 0.3) is 0 Å². The predicted molar refractivity (Wildman–Crippen MR) is 79.9 cm³/mol. The van der Waals surface area contributed by atoms with Gasteiger partial charge in [0.2, 0.25) is 10.0 Å². The van der Waals surface area contributed by atoms with Crippen molar-refractivity contribution in [1.82, 2.24) is 18.8 Å². The van der Waals surface area contributed by atoms with Gasteiger partial charge in [0, 0.05) is 26.5 Å². The Hall–Kier alpha value is -2.26. The third kappa shape index (κ3) is 3.00. The molecule has 22 heavy (non-hydrogen) atoms. The van der Waals surface area contributed by atoms with E-state index in [1.165, 1.54) is 14.1 Å². The Morgan fingerprint density at radius 3 is 2.50 bits per heavy atom. The van der Waals surface area contributed by atoms with Crippen molar-refractivity contribution in [1.29, 1.82) is 0 Å². The van der Waals surface area contributed by atoms with Gasteiger partial charge in [-0.1, -0.05) is 6.07 Å². The average molecular weight is 324 g/mol. The summed E-state index contributed by atoms with van der Waals surface area (Å²) in [5.74, 6) is 0. The van der Waals surface area contributed by atoms with E-state index in [0.29, 0.717) is 5.69 Å². The summed E-state index contributed by atoms with van der Waals surface area (Å²) < 4.78 is 28.9. The SMILES string of the molecule is CC(NS(=O)(=O)c1cn(C)c(=O)n(C)c1=O)c1ccccn1. The Labute approximate surface area is 127 Å². The van der Waals surface area contributed by atoms with Gasteiger partial charge in [0.25, 0.3) is 5.56 Å². The molecule has 0 radical (unpaired) electrons. The maximum absolute atomic E-state index is 12.4. The van der Waals surface area contributed by atoms with Crippen molar-refractivity contribution in [3.8, 4) is 0 Å². The molecule has 2 aromatic heterocycles. The molecule has 118 valence electrons. The fraction of sp³-hybridized carbons (Fsp3) is 0.308. The molecule has 8 nitrogen and oxygen atoms in total. The summed E-state index contributed by atoms with van der Waals surface area (Å²) in [6.45, 7) is 1.62. The molecule has 0 aromatic carbocycles. The summed E-state index contributed by atoms with van der Waals surface area (Å²) >= 11 is 0. The summed E-state index contributed by atoms with van der Waals surface area (Å²) in [7, 11) is -1.48. The number of sulfonamides is 1. The molecule has 0 bridgehead atoms. The van der Waals surface area contributed by atoms with Gasteiger partial charge in [-0.2, -0.15) is 0 Å². The van der Waals surface area contributed by atoms with Crippen LogP contribution in [-0.2, 0) is 24.1 Å². The normalized spacial score (nSPS) is 13.0. The number of aromatic nitrogens is 3. The molecule has 0 saturated carbocycles. The lowest BCUT2D eigenvalue weighted by atomic mass is 10.2. The molecule has 2 aromatic rings. The van der Waals surface area contributed by atoms with Crippen LogP contribution < -0.4 is 16.0 Å². The second kappa shape index (κ2) is 5.85. The molecule has 1 N–H and O–H groups in total. The van der Waals surface area contributed by atoms with E-state index in [-0.39, 0.29) is 0 Å². The van der Waals surface area contributed by atoms with Gasteiger partial charge in [-0.3, -0.25) is 14.3 Å². The van der Waals surface area contributed by atoms with E-state index in [9.17, 15) is 18.0 Å². The molecule has 0 spiro atoms. The molecule has 0 aliphatic heterocycles. The Morgan fingerprint density at radius 2 is 1.91 bits per heavy atom. The standard InChI is InChI=1S/C13H16N4O4S/c1-9(10-6-4-5-7-14-10)15-22(20,21)11-8-16(2)13(19)17(3)12(11)18/h4-9,15H,1-3H3. The maximum Gasteiger partial charge on any atom is 0.330 e. The predicted octanol–water partition coefficient (Wildman–Crippen LogP) is -0.481. The van der Waals surface area contributed by atoms with E-state index in [0.717, 1.165) is 15.3 Å². The van der Waals surface area contributed by atoms with E-state index >= 15 is 0 Å². The van der Waals surface area contributed by atoms with Crippen molar-refractivity contribution in [2.75, 3.05) is 0 Å². The van der Waals surface area contributed by atoms with E-state index < -0.39 is 32.2 Å². The molecular formula is C13H16N4O4S. The largest absolute Gasteiger partial charge is 0.330 e. The summed E-state index contributed by atoms with van der Waals surface area (Å²) in [4.78, 5) is 27.2. The minimum atomic E-state index is -4.08. The van der Waals surface area contributed by atoms with Crippen LogP contribution >= 0.6 is 0 Å². The minimum absolute atomic E-state index is 0.486. The quantitative estimate of drug-likeness (QED) is 0.818. The van der Waals surface area contributed by atoms with Gasteiger partial charge >= 0.3 is 5.69 Å². The van der Waals surface area contributed by atoms with Gasteiger partial charge in [-0.15, -0.1) is 0 Å². The van der Waals surface area contributed by atoms with Crippen molar-refractivity contribution in [2.24, 2.45) is 14.1 Å². The number of pyridine rings is 1. The summed E-state index contributed by atoms with van der Waals surface area (Å²) in [5, 5.41) is 0. The number of nitrogens with zero attached hydrogens (tertiary/aromatic N) is 3. The van der Waals surface area contributed by atoms with Crippen LogP contribution in [0.2, 0.25) is 0 Å². The van der Waals surface area contributed by atoms with Gasteiger partial charge < -0.3 is 4.57 Å². The van der Waals surface area contributed by atoms with Gasteiger partial charge in [0.15, 0.2) is 4.90 Å². The fourth-order valence-electron chi connectivity index (χ4n) is 1.95. The van der Waals surface area contributed by atoms with E-state index in [2.05, 4.69) is 9.71 Å². The topological polar surface area (TPSA) is 103 Å². The minimum Gasteiger partial charge on any atom is -0.302 e. The molecule has 0 saturated heterocycles. The highest BCUT2D eigenvalue weighted by molar-refractivity contribution is 7.89. The molecule has 1 atom stereocenters. The zero-order valence-electron chi connectivity index (χ0n) is 12.3. The monoisotopic (exact) mass is 324 g/mol. The molecule has 9 heteroatoms. The van der Waals surface area contributed by atoms with Gasteiger partial charge in [0.05, 0.1) is 11.7 Å². The zero-order valence-corrected chi connectivity index (χ0v) is 13.2. The Morgan fingerprint density at radius 1 is 1.23 bits per heavy atom. The fourth-order valence-corrected chi connectivity index (χ4v) is 3.32. The summed E-state index contributed by atoms with van der Waals surface area (Å²) in [6, 6.07) is 4.51. The van der Waals surface area contributed by atoms with Crippen molar-refractivity contribution in [3.05, 3.63) is 57.1 Å². The first kappa shape index (κ1) is 16.1. The third-order valence-electron chi connectivity index (χ3n) is 3.17. The van der Waals surface area contributed by atoms with Crippen LogP contribution in [0, 0.1) is 0 Å². The van der Waals surface area contributed by atoms with Gasteiger partial charge in [-0.05, 0) is 19.1 Å². The highest BCUT2D eigenvalue weighted by Gasteiger charge is 2.24. The first-order valence-corrected chi connectivity index (χ1v) is 7.92. The number of hydrogen-bond donors (Lipinski definition) is 1. The number of hydrogen-bond acceptors (Lipinski definition) is 5. The summed E-state index contributed by atoms with van der Waals surface area (Å²) in [6.07, 6.45) is 2.56. The molecule has 0 aliphatic carbocycles. The maximum atomic E-state index is 12.4. The van der Waals surface area contributed by atoms with E-state index in [1.54, 1.807) is 31.3 Å². The first-order chi connectivity index (χ1) is 10.2. The Bertz CT molecular complexity index is 900. The number of nitrogens with one attached hydrogen (secondary N) is 1. The van der Waals surface area contributed by atoms with Crippen LogP contribution in [-0.4, -0.2) is 22.5 Å². The third-order valence-corrected chi connectivity index (χ3v) is 4.69. The highest BCUT2D eigenvalue weighted by atomic mass is 32.2. The van der Waals surface area contributed by atoms with Crippen LogP contribution in [0.3, 0.4) is 0 Å². The van der Waals surface area contributed by atoms with Gasteiger partial charge in [-0.25, -0.2) is 17.9 Å². The van der Waals surface area contributed by atoms with Crippen LogP contribution in [0.1, 0.15) is 18.7 Å². The molecule has 0 fully saturated rings. The summed E-state index contributed by atoms with van der Waals surface area (Å²) in [5.41, 5.74) is -0.946. The number of rotatable bonds is 4. The van der Waals surface area contributed by atoms with Crippen LogP contribution in [0.4, 0.5) is 0 Å². The van der Waals surface area contributed by atoms with Crippen molar-refractivity contribution in [3.63, 3.8) is 0 Å². The number of aryl methyl sites for hydroxylation is 1. The van der Waals surface area contributed by atoms with Crippen molar-refractivity contribution < 1.29 is 8.42 Å². The average Bonchev–Trinajstić information content (AvgIpc) is 2.49. The zero-order chi connectivity index (χ0) is 16.5. The smallest absolute Gasteiger partial charge is 0.302 e. The first-order valence-electron chi connectivity index (χ1n) is 6.44. The van der Waals surface area contributed by atoms with Gasteiger partial charge in [0.1, 0.15) is 0 Å². The molecule has 2 rings (SSSR count). The second-order valence-electron chi connectivity index (χ2n) is 4.85. The lowest BCUT2D eigenvalue weighted by Gasteiger charge is -2.14. The molecule has 1 unspecified atom stereocenters.